The Morgan fingerprint density at radius 1 is 1.41 bits per heavy atom. The van der Waals surface area contributed by atoms with Gasteiger partial charge in [0.05, 0.1) is 13.2 Å². The molecule has 1 heterocycles. The first-order chi connectivity index (χ1) is 14.8. The van der Waals surface area contributed by atoms with Crippen molar-refractivity contribution in [2.24, 2.45) is 5.92 Å². The minimum atomic E-state index is -3.95. The number of amides is 1. The summed E-state index contributed by atoms with van der Waals surface area (Å²) in [5, 5.41) is 19.6. The summed E-state index contributed by atoms with van der Waals surface area (Å²) in [6.45, 7) is 8.51. The molecule has 0 aromatic heterocycles. The van der Waals surface area contributed by atoms with Crippen LogP contribution in [0.2, 0.25) is 0 Å². The first-order valence-corrected chi connectivity index (χ1v) is 12.2. The molecule has 0 radical (unpaired) electrons. The fourth-order valence-electron chi connectivity index (χ4n) is 3.39. The van der Waals surface area contributed by atoms with Gasteiger partial charge in [0.2, 0.25) is 15.9 Å². The lowest BCUT2D eigenvalue weighted by atomic mass is 10.0. The van der Waals surface area contributed by atoms with E-state index in [1.807, 2.05) is 6.92 Å². The van der Waals surface area contributed by atoms with E-state index in [0.29, 0.717) is 12.0 Å². The number of nitrogens with zero attached hydrogens (tertiary/aromatic N) is 2. The van der Waals surface area contributed by atoms with Gasteiger partial charge in [-0.1, -0.05) is 25.7 Å². The molecular formula is C23H34N2O6S. The number of benzene rings is 1. The maximum atomic E-state index is 13.4. The van der Waals surface area contributed by atoms with Crippen LogP contribution in [-0.2, 0) is 14.8 Å². The van der Waals surface area contributed by atoms with Gasteiger partial charge < -0.3 is 19.8 Å². The third kappa shape index (κ3) is 6.23. The van der Waals surface area contributed by atoms with Gasteiger partial charge in [-0.2, -0.15) is 4.31 Å². The SMILES string of the molecule is CCC(=O)N(C)C[C@H]1Oc2cc(C#CC(C)(C)O)ccc2S(=O)(=O)N([C@@H](C)CO)C[C@H]1C. The van der Waals surface area contributed by atoms with E-state index in [9.17, 15) is 23.4 Å². The smallest absolute Gasteiger partial charge is 0.247 e. The molecule has 178 valence electrons. The van der Waals surface area contributed by atoms with Crippen LogP contribution in [0.4, 0.5) is 0 Å². The molecular weight excluding hydrogens is 432 g/mol. The highest BCUT2D eigenvalue weighted by Gasteiger charge is 2.38. The number of fused-ring (bicyclic) bond motifs is 1. The lowest BCUT2D eigenvalue weighted by molar-refractivity contribution is -0.131. The zero-order chi connectivity index (χ0) is 24.3. The molecule has 8 nitrogen and oxygen atoms in total. The van der Waals surface area contributed by atoms with Crippen molar-refractivity contribution in [3.05, 3.63) is 23.8 Å². The summed E-state index contributed by atoms with van der Waals surface area (Å²) >= 11 is 0. The number of sulfonamides is 1. The summed E-state index contributed by atoms with van der Waals surface area (Å²) in [6, 6.07) is 3.91. The van der Waals surface area contributed by atoms with Crippen molar-refractivity contribution in [2.75, 3.05) is 26.7 Å². The summed E-state index contributed by atoms with van der Waals surface area (Å²) in [7, 11) is -2.26. The van der Waals surface area contributed by atoms with E-state index in [-0.39, 0.29) is 42.2 Å². The lowest BCUT2D eigenvalue weighted by Gasteiger charge is -2.37. The molecule has 1 aromatic rings. The standard InChI is InChI=1S/C23H34N2O6S/c1-7-22(27)24(6)14-20-16(2)13-25(17(3)15-26)32(29,30)21-9-8-18(12-19(21)31-20)10-11-23(4,5)28/h8-9,12,16-17,20,26,28H,7,13-15H2,1-6H3/t16-,17+,20-/m1/s1. The number of carbonyl (C=O) groups excluding carboxylic acids is 1. The van der Waals surface area contributed by atoms with Crippen LogP contribution in [0.5, 0.6) is 5.75 Å². The van der Waals surface area contributed by atoms with Crippen LogP contribution in [0.1, 0.15) is 46.6 Å². The Labute approximate surface area is 191 Å². The van der Waals surface area contributed by atoms with Crippen molar-refractivity contribution in [1.29, 1.82) is 0 Å². The van der Waals surface area contributed by atoms with E-state index in [1.165, 1.54) is 10.4 Å². The molecule has 1 amide bonds. The summed E-state index contributed by atoms with van der Waals surface area (Å²) < 4.78 is 34.3. The average molecular weight is 467 g/mol. The molecule has 3 atom stereocenters. The van der Waals surface area contributed by atoms with Crippen LogP contribution < -0.4 is 4.74 Å². The van der Waals surface area contributed by atoms with E-state index < -0.39 is 27.8 Å². The lowest BCUT2D eigenvalue weighted by Crippen LogP contribution is -2.50. The van der Waals surface area contributed by atoms with Crippen LogP contribution in [0, 0.1) is 17.8 Å². The van der Waals surface area contributed by atoms with Gasteiger partial charge in [0, 0.05) is 37.5 Å². The Hall–Kier alpha value is -2.12. The molecule has 0 unspecified atom stereocenters. The second-order valence-corrected chi connectivity index (χ2v) is 10.7. The second-order valence-electron chi connectivity index (χ2n) is 8.84. The van der Waals surface area contributed by atoms with Crippen LogP contribution in [-0.4, -0.2) is 78.2 Å². The molecule has 32 heavy (non-hydrogen) atoms. The van der Waals surface area contributed by atoms with Crippen LogP contribution in [0.25, 0.3) is 0 Å². The summed E-state index contributed by atoms with van der Waals surface area (Å²) in [4.78, 5) is 13.7. The molecule has 0 aliphatic carbocycles. The average Bonchev–Trinajstić information content (AvgIpc) is 2.72. The highest BCUT2D eigenvalue weighted by Crippen LogP contribution is 2.34. The minimum absolute atomic E-state index is 0.0204. The van der Waals surface area contributed by atoms with Crippen LogP contribution in [0.3, 0.4) is 0 Å². The zero-order valence-electron chi connectivity index (χ0n) is 19.6. The molecule has 0 bridgehead atoms. The molecule has 1 aromatic carbocycles. The number of likely N-dealkylation sites (N-methyl/N-ethyl adjacent to an activating group) is 1. The third-order valence-corrected chi connectivity index (χ3v) is 7.38. The Balaban J connectivity index is 2.60. The van der Waals surface area contributed by atoms with E-state index in [0.717, 1.165) is 0 Å². The fraction of sp³-hybridized carbons (Fsp3) is 0.609. The molecule has 0 spiro atoms. The quantitative estimate of drug-likeness (QED) is 0.636. The van der Waals surface area contributed by atoms with Crippen molar-refractivity contribution >= 4 is 15.9 Å². The number of hydrogen-bond donors (Lipinski definition) is 2. The number of aliphatic hydroxyl groups excluding tert-OH is 1. The Morgan fingerprint density at radius 3 is 2.62 bits per heavy atom. The summed E-state index contributed by atoms with van der Waals surface area (Å²) in [6.07, 6.45) is -0.122. The molecule has 1 aliphatic heterocycles. The number of aliphatic hydroxyl groups is 2. The maximum absolute atomic E-state index is 13.4. The molecule has 9 heteroatoms. The second kappa shape index (κ2) is 10.2. The molecule has 2 N–H and O–H groups in total. The van der Waals surface area contributed by atoms with Gasteiger partial charge in [0.15, 0.2) is 0 Å². The number of carbonyl (C=O) groups is 1. The zero-order valence-corrected chi connectivity index (χ0v) is 20.4. The van der Waals surface area contributed by atoms with E-state index in [2.05, 4.69) is 11.8 Å². The number of ether oxygens (including phenoxy) is 1. The van der Waals surface area contributed by atoms with Crippen LogP contribution in [0.15, 0.2) is 23.1 Å². The molecule has 1 aliphatic rings. The largest absolute Gasteiger partial charge is 0.487 e. The van der Waals surface area contributed by atoms with E-state index in [4.69, 9.17) is 4.74 Å². The number of rotatable bonds is 5. The molecule has 0 saturated heterocycles. The van der Waals surface area contributed by atoms with Crippen molar-refractivity contribution in [2.45, 2.75) is 63.7 Å². The van der Waals surface area contributed by atoms with Crippen molar-refractivity contribution in [3.8, 4) is 17.6 Å². The van der Waals surface area contributed by atoms with Crippen molar-refractivity contribution < 1.29 is 28.2 Å². The summed E-state index contributed by atoms with van der Waals surface area (Å²) in [5.74, 6) is 5.39. The molecule has 2 rings (SSSR count). The van der Waals surface area contributed by atoms with Gasteiger partial charge in [-0.3, -0.25) is 4.79 Å². The first kappa shape index (κ1) is 26.1. The normalized spacial score (nSPS) is 21.8. The fourth-order valence-corrected chi connectivity index (χ4v) is 5.21. The van der Waals surface area contributed by atoms with Crippen molar-refractivity contribution in [1.82, 2.24) is 9.21 Å². The van der Waals surface area contributed by atoms with Crippen LogP contribution >= 0.6 is 0 Å². The monoisotopic (exact) mass is 466 g/mol. The van der Waals surface area contributed by atoms with E-state index >= 15 is 0 Å². The topological polar surface area (TPSA) is 107 Å². The van der Waals surface area contributed by atoms with Gasteiger partial charge in [0.1, 0.15) is 22.4 Å². The predicted molar refractivity (Wildman–Crippen MR) is 122 cm³/mol. The maximum Gasteiger partial charge on any atom is 0.247 e. The first-order valence-electron chi connectivity index (χ1n) is 10.7. The third-order valence-electron chi connectivity index (χ3n) is 5.36. The molecule has 0 saturated carbocycles. The molecule has 0 fully saturated rings. The van der Waals surface area contributed by atoms with E-state index in [1.54, 1.807) is 51.8 Å². The Bertz CT molecular complexity index is 990. The predicted octanol–water partition coefficient (Wildman–Crippen LogP) is 1.45. The summed E-state index contributed by atoms with van der Waals surface area (Å²) in [5.41, 5.74) is -0.710. The van der Waals surface area contributed by atoms with Gasteiger partial charge in [-0.15, -0.1) is 0 Å². The highest BCUT2D eigenvalue weighted by atomic mass is 32.2. The highest BCUT2D eigenvalue weighted by molar-refractivity contribution is 7.89. The van der Waals surface area contributed by atoms with Gasteiger partial charge in [-0.05, 0) is 39.0 Å². The van der Waals surface area contributed by atoms with Gasteiger partial charge in [-0.25, -0.2) is 8.42 Å². The Morgan fingerprint density at radius 2 is 2.06 bits per heavy atom. The van der Waals surface area contributed by atoms with Gasteiger partial charge in [0.25, 0.3) is 0 Å². The minimum Gasteiger partial charge on any atom is -0.487 e. The van der Waals surface area contributed by atoms with Gasteiger partial charge >= 0.3 is 0 Å². The number of hydrogen-bond acceptors (Lipinski definition) is 6. The Kier molecular flexibility index (Phi) is 8.34. The van der Waals surface area contributed by atoms with Crippen molar-refractivity contribution in [3.63, 3.8) is 0 Å².